The number of rotatable bonds is 12. The first-order chi connectivity index (χ1) is 20.5. The Morgan fingerprint density at radius 2 is 1.57 bits per heavy atom. The largest absolute Gasteiger partial charge is 0.449 e. The van der Waals surface area contributed by atoms with E-state index in [1.54, 1.807) is 24.3 Å². The Morgan fingerprint density at radius 3 is 2.31 bits per heavy atom. The van der Waals surface area contributed by atoms with Crippen LogP contribution in [0.3, 0.4) is 0 Å². The monoisotopic (exact) mass is 572 g/mol. The van der Waals surface area contributed by atoms with Crippen molar-refractivity contribution in [3.63, 3.8) is 0 Å². The maximum atomic E-state index is 12.6. The van der Waals surface area contributed by atoms with E-state index in [2.05, 4.69) is 20.9 Å². The van der Waals surface area contributed by atoms with Crippen molar-refractivity contribution in [3.05, 3.63) is 84.4 Å². The molecule has 0 bridgehead atoms. The second-order valence-electron chi connectivity index (χ2n) is 9.94. The van der Waals surface area contributed by atoms with Gasteiger partial charge in [0.25, 0.3) is 0 Å². The summed E-state index contributed by atoms with van der Waals surface area (Å²) >= 11 is 0. The first-order valence-electron chi connectivity index (χ1n) is 14.1. The lowest BCUT2D eigenvalue weighted by Crippen LogP contribution is -2.40. The van der Waals surface area contributed by atoms with Gasteiger partial charge >= 0.3 is 12.2 Å². The van der Waals surface area contributed by atoms with Crippen molar-refractivity contribution in [2.75, 3.05) is 43.4 Å². The zero-order valence-corrected chi connectivity index (χ0v) is 23.4. The number of aldehydes is 1. The molecule has 3 N–H and O–H groups in total. The molecule has 3 aromatic rings. The highest BCUT2D eigenvalue weighted by atomic mass is 16.6. The summed E-state index contributed by atoms with van der Waals surface area (Å²) in [6, 6.07) is 23.9. The van der Waals surface area contributed by atoms with Crippen LogP contribution in [0.4, 0.5) is 21.0 Å². The third-order valence-corrected chi connectivity index (χ3v) is 6.88. The molecule has 0 saturated carbocycles. The molecule has 10 nitrogen and oxygen atoms in total. The molecular formula is C32H36N4O6. The van der Waals surface area contributed by atoms with Gasteiger partial charge in [0, 0.05) is 49.4 Å². The molecule has 1 saturated heterocycles. The molecule has 1 fully saturated rings. The van der Waals surface area contributed by atoms with E-state index in [1.165, 1.54) is 0 Å². The molecule has 3 amide bonds. The standard InChI is InChI=1S/C32H36N4O6/c37-23-24-11-13-26(14-12-24)34-31(39)41-22-6-18-33-30(38)17-21-36-19-15-27(16-20-36)42-32(40)35-29-10-5-4-9-28(29)25-7-2-1-3-8-25/h1-5,7-14,23,27H,6,15-22H2,(H,33,38)(H,34,39)(H,35,40). The van der Waals surface area contributed by atoms with Gasteiger partial charge in [-0.15, -0.1) is 0 Å². The molecule has 42 heavy (non-hydrogen) atoms. The van der Waals surface area contributed by atoms with E-state index in [0.717, 1.165) is 30.5 Å². The minimum Gasteiger partial charge on any atom is -0.449 e. The average Bonchev–Trinajstić information content (AvgIpc) is 3.01. The van der Waals surface area contributed by atoms with Gasteiger partial charge in [0.1, 0.15) is 12.4 Å². The van der Waals surface area contributed by atoms with Crippen LogP contribution in [0.2, 0.25) is 0 Å². The first-order valence-corrected chi connectivity index (χ1v) is 14.1. The second-order valence-corrected chi connectivity index (χ2v) is 9.94. The number of para-hydroxylation sites is 1. The van der Waals surface area contributed by atoms with Gasteiger partial charge in [0.05, 0.1) is 12.3 Å². The molecule has 1 aliphatic rings. The Kier molecular flexibility index (Phi) is 11.5. The lowest BCUT2D eigenvalue weighted by molar-refractivity contribution is -0.121. The van der Waals surface area contributed by atoms with Gasteiger partial charge in [0.15, 0.2) is 0 Å². The van der Waals surface area contributed by atoms with E-state index in [4.69, 9.17) is 9.47 Å². The summed E-state index contributed by atoms with van der Waals surface area (Å²) in [5.41, 5.74) is 3.70. The van der Waals surface area contributed by atoms with Crippen molar-refractivity contribution in [2.45, 2.75) is 31.8 Å². The zero-order chi connectivity index (χ0) is 29.6. The van der Waals surface area contributed by atoms with Crippen molar-refractivity contribution in [2.24, 2.45) is 0 Å². The van der Waals surface area contributed by atoms with Crippen molar-refractivity contribution >= 4 is 35.8 Å². The average molecular weight is 573 g/mol. The number of ether oxygens (including phenoxy) is 2. The Bertz CT molecular complexity index is 1320. The Hall–Kier alpha value is -4.70. The molecule has 0 unspecified atom stereocenters. The van der Waals surface area contributed by atoms with Gasteiger partial charge in [-0.1, -0.05) is 48.5 Å². The molecule has 1 heterocycles. The van der Waals surface area contributed by atoms with E-state index < -0.39 is 12.2 Å². The number of hydrogen-bond acceptors (Lipinski definition) is 7. The summed E-state index contributed by atoms with van der Waals surface area (Å²) in [6.45, 7) is 2.67. The van der Waals surface area contributed by atoms with Crippen LogP contribution in [0.25, 0.3) is 11.1 Å². The van der Waals surface area contributed by atoms with Crippen LogP contribution in [0.5, 0.6) is 0 Å². The maximum Gasteiger partial charge on any atom is 0.411 e. The molecule has 3 aromatic carbocycles. The number of likely N-dealkylation sites (tertiary alicyclic amines) is 1. The third-order valence-electron chi connectivity index (χ3n) is 6.88. The fourth-order valence-corrected chi connectivity index (χ4v) is 4.61. The number of nitrogens with one attached hydrogen (secondary N) is 3. The molecule has 220 valence electrons. The minimum atomic E-state index is -0.595. The molecule has 10 heteroatoms. The van der Waals surface area contributed by atoms with Crippen LogP contribution >= 0.6 is 0 Å². The molecule has 0 aliphatic carbocycles. The van der Waals surface area contributed by atoms with Crippen LogP contribution in [-0.4, -0.2) is 68.2 Å². The Labute approximate surface area is 245 Å². The fraction of sp³-hybridized carbons (Fsp3) is 0.312. The van der Waals surface area contributed by atoms with Gasteiger partial charge in [-0.25, -0.2) is 9.59 Å². The highest BCUT2D eigenvalue weighted by Gasteiger charge is 2.23. The summed E-state index contributed by atoms with van der Waals surface area (Å²) < 4.78 is 10.8. The summed E-state index contributed by atoms with van der Waals surface area (Å²) in [7, 11) is 0. The van der Waals surface area contributed by atoms with E-state index in [9.17, 15) is 19.2 Å². The molecular weight excluding hydrogens is 536 g/mol. The van der Waals surface area contributed by atoms with Crippen molar-refractivity contribution in [1.29, 1.82) is 0 Å². The third kappa shape index (κ3) is 9.74. The van der Waals surface area contributed by atoms with Gasteiger partial charge in [-0.2, -0.15) is 0 Å². The number of nitrogens with zero attached hydrogens (tertiary/aromatic N) is 1. The molecule has 0 atom stereocenters. The van der Waals surface area contributed by atoms with E-state index in [1.807, 2.05) is 54.6 Å². The smallest absolute Gasteiger partial charge is 0.411 e. The van der Waals surface area contributed by atoms with Crippen molar-refractivity contribution in [3.8, 4) is 11.1 Å². The SMILES string of the molecule is O=Cc1ccc(NC(=O)OCCCNC(=O)CCN2CCC(OC(=O)Nc3ccccc3-c3ccccc3)CC2)cc1. The zero-order valence-electron chi connectivity index (χ0n) is 23.4. The number of anilines is 2. The predicted molar refractivity (Wildman–Crippen MR) is 160 cm³/mol. The van der Waals surface area contributed by atoms with Gasteiger partial charge in [-0.05, 0) is 55.2 Å². The number of piperidine rings is 1. The van der Waals surface area contributed by atoms with Crippen LogP contribution in [0.15, 0.2) is 78.9 Å². The molecule has 0 radical (unpaired) electrons. The second kappa shape index (κ2) is 15.9. The summed E-state index contributed by atoms with van der Waals surface area (Å²) in [5, 5.41) is 8.31. The normalized spacial score (nSPS) is 13.5. The topological polar surface area (TPSA) is 126 Å². The van der Waals surface area contributed by atoms with E-state index in [-0.39, 0.29) is 18.6 Å². The summed E-state index contributed by atoms with van der Waals surface area (Å²) in [4.78, 5) is 49.6. The number of carbonyl (C=O) groups excluding carboxylic acids is 4. The van der Waals surface area contributed by atoms with Crippen molar-refractivity contribution in [1.82, 2.24) is 10.2 Å². The fourth-order valence-electron chi connectivity index (χ4n) is 4.61. The van der Waals surface area contributed by atoms with E-state index >= 15 is 0 Å². The van der Waals surface area contributed by atoms with Gasteiger partial charge in [0.2, 0.25) is 5.91 Å². The molecule has 1 aliphatic heterocycles. The lowest BCUT2D eigenvalue weighted by atomic mass is 10.0. The van der Waals surface area contributed by atoms with Crippen LogP contribution in [0, 0.1) is 0 Å². The highest BCUT2D eigenvalue weighted by molar-refractivity contribution is 5.91. The molecule has 0 aromatic heterocycles. The Balaban J connectivity index is 1.06. The van der Waals surface area contributed by atoms with Crippen LogP contribution in [-0.2, 0) is 14.3 Å². The lowest BCUT2D eigenvalue weighted by Gasteiger charge is -2.31. The maximum absolute atomic E-state index is 12.6. The van der Waals surface area contributed by atoms with E-state index in [0.29, 0.717) is 55.7 Å². The number of carbonyl (C=O) groups is 4. The number of amides is 3. The first kappa shape index (κ1) is 30.3. The van der Waals surface area contributed by atoms with Gasteiger partial charge in [-0.3, -0.25) is 20.2 Å². The highest BCUT2D eigenvalue weighted by Crippen LogP contribution is 2.28. The van der Waals surface area contributed by atoms with Gasteiger partial charge < -0.3 is 19.7 Å². The summed E-state index contributed by atoms with van der Waals surface area (Å²) in [5.74, 6) is -0.0652. The van der Waals surface area contributed by atoms with Crippen LogP contribution < -0.4 is 16.0 Å². The molecule has 0 spiro atoms. The quantitative estimate of drug-likeness (QED) is 0.198. The Morgan fingerprint density at radius 1 is 0.857 bits per heavy atom. The predicted octanol–water partition coefficient (Wildman–Crippen LogP) is 5.32. The minimum absolute atomic E-state index is 0.0652. The molecule has 4 rings (SSSR count). The number of benzene rings is 3. The van der Waals surface area contributed by atoms with Crippen LogP contribution in [0.1, 0.15) is 36.0 Å². The van der Waals surface area contributed by atoms with Crippen molar-refractivity contribution < 1.29 is 28.7 Å². The number of hydrogen-bond donors (Lipinski definition) is 3. The summed E-state index contributed by atoms with van der Waals surface area (Å²) in [6.07, 6.45) is 1.75.